The molecular formula is C80H156NO8P. The summed E-state index contributed by atoms with van der Waals surface area (Å²) in [5.74, 6) is -0.806. The van der Waals surface area contributed by atoms with E-state index in [4.69, 9.17) is 18.5 Å². The summed E-state index contributed by atoms with van der Waals surface area (Å²) in [7, 11) is 1.19. The van der Waals surface area contributed by atoms with Crippen molar-refractivity contribution in [3.8, 4) is 0 Å². The molecule has 0 aliphatic heterocycles. The van der Waals surface area contributed by atoms with Crippen molar-refractivity contribution in [3.05, 3.63) is 24.3 Å². The Kier molecular flexibility index (Phi) is 70.6. The number of hydrogen-bond acceptors (Lipinski definition) is 8. The first-order chi connectivity index (χ1) is 44.0. The Balaban J connectivity index is 3.89. The quantitative estimate of drug-likeness (QED) is 0.0195. The molecule has 0 heterocycles. The number of phosphoric acid groups is 1. The third kappa shape index (κ3) is 75.5. The van der Waals surface area contributed by atoms with Gasteiger partial charge in [-0.1, -0.05) is 391 Å². The maximum Gasteiger partial charge on any atom is 0.306 e. The molecule has 0 aliphatic carbocycles. The molecule has 2 unspecified atom stereocenters. The molecule has 0 bridgehead atoms. The fourth-order valence-corrected chi connectivity index (χ4v) is 13.1. The fourth-order valence-electron chi connectivity index (χ4n) is 12.3. The number of esters is 2. The number of carbonyl (C=O) groups is 2. The summed E-state index contributed by atoms with van der Waals surface area (Å²) in [6.07, 6.45) is 91.7. The first kappa shape index (κ1) is 88.5. The maximum atomic E-state index is 12.9. The van der Waals surface area contributed by atoms with Gasteiger partial charge in [-0.3, -0.25) is 14.2 Å². The summed E-state index contributed by atoms with van der Waals surface area (Å²) in [5.41, 5.74) is 0. The lowest BCUT2D eigenvalue weighted by Crippen LogP contribution is -2.37. The number of quaternary nitrogens is 1. The van der Waals surface area contributed by atoms with Crippen molar-refractivity contribution >= 4 is 19.8 Å². The van der Waals surface area contributed by atoms with Gasteiger partial charge in [0.2, 0.25) is 0 Å². The lowest BCUT2D eigenvalue weighted by atomic mass is 10.0. The Morgan fingerprint density at radius 1 is 0.344 bits per heavy atom. The Hall–Kier alpha value is -1.51. The molecule has 0 saturated heterocycles. The predicted molar refractivity (Wildman–Crippen MR) is 388 cm³/mol. The highest BCUT2D eigenvalue weighted by Gasteiger charge is 2.22. The van der Waals surface area contributed by atoms with Crippen LogP contribution in [0.1, 0.15) is 425 Å². The minimum Gasteiger partial charge on any atom is -0.756 e. The van der Waals surface area contributed by atoms with Crippen LogP contribution in [0, 0.1) is 0 Å². The molecule has 0 spiro atoms. The number of unbranched alkanes of at least 4 members (excludes halogenated alkanes) is 58. The van der Waals surface area contributed by atoms with Crippen molar-refractivity contribution in [1.82, 2.24) is 0 Å². The summed E-state index contributed by atoms with van der Waals surface area (Å²) in [4.78, 5) is 38.2. The maximum absolute atomic E-state index is 12.9. The Labute approximate surface area is 561 Å². The first-order valence-corrected chi connectivity index (χ1v) is 41.5. The SMILES string of the molecule is CCCCCCC/C=C\C/C=C\CCCCCCCCCCCCCCCCCCCC(=O)OC(COC(=O)CCCCCCCCCCCCCCCCCCCCCCCCCCCCCCCCCCCCCCC)COP(=O)([O-])OCC[N+](C)(C)C. The number of rotatable bonds is 76. The van der Waals surface area contributed by atoms with Crippen LogP contribution in [0.5, 0.6) is 0 Å². The van der Waals surface area contributed by atoms with Gasteiger partial charge in [0, 0.05) is 12.8 Å². The van der Waals surface area contributed by atoms with Crippen LogP contribution in [0.15, 0.2) is 24.3 Å². The molecule has 90 heavy (non-hydrogen) atoms. The molecule has 9 nitrogen and oxygen atoms in total. The van der Waals surface area contributed by atoms with Gasteiger partial charge in [-0.05, 0) is 44.9 Å². The number of hydrogen-bond donors (Lipinski definition) is 0. The molecule has 0 radical (unpaired) electrons. The van der Waals surface area contributed by atoms with E-state index in [-0.39, 0.29) is 32.0 Å². The smallest absolute Gasteiger partial charge is 0.306 e. The summed E-state index contributed by atoms with van der Waals surface area (Å²) < 4.78 is 34.4. The van der Waals surface area contributed by atoms with Gasteiger partial charge in [0.1, 0.15) is 19.8 Å². The van der Waals surface area contributed by atoms with Gasteiger partial charge in [0.15, 0.2) is 6.10 Å². The Morgan fingerprint density at radius 2 is 0.600 bits per heavy atom. The zero-order valence-corrected chi connectivity index (χ0v) is 62.0. The molecule has 2 atom stereocenters. The summed E-state index contributed by atoms with van der Waals surface area (Å²) >= 11 is 0. The van der Waals surface area contributed by atoms with Crippen LogP contribution >= 0.6 is 7.82 Å². The summed E-state index contributed by atoms with van der Waals surface area (Å²) in [5, 5.41) is 0. The van der Waals surface area contributed by atoms with Gasteiger partial charge in [-0.25, -0.2) is 0 Å². The molecular weight excluding hydrogens is 1130 g/mol. The molecule has 0 rings (SSSR count). The third-order valence-electron chi connectivity index (χ3n) is 18.5. The highest BCUT2D eigenvalue weighted by Crippen LogP contribution is 2.38. The minimum absolute atomic E-state index is 0.0269. The molecule has 10 heteroatoms. The lowest BCUT2D eigenvalue weighted by molar-refractivity contribution is -0.870. The van der Waals surface area contributed by atoms with E-state index in [2.05, 4.69) is 38.2 Å². The zero-order chi connectivity index (χ0) is 65.5. The van der Waals surface area contributed by atoms with E-state index < -0.39 is 26.5 Å². The van der Waals surface area contributed by atoms with Gasteiger partial charge < -0.3 is 27.9 Å². The second-order valence-electron chi connectivity index (χ2n) is 28.8. The van der Waals surface area contributed by atoms with E-state index in [1.807, 2.05) is 21.1 Å². The normalized spacial score (nSPS) is 13.1. The number of allylic oxidation sites excluding steroid dienone is 4. The number of nitrogens with zero attached hydrogens (tertiary/aromatic N) is 1. The van der Waals surface area contributed by atoms with Crippen molar-refractivity contribution in [2.24, 2.45) is 0 Å². The van der Waals surface area contributed by atoms with Gasteiger partial charge in [-0.2, -0.15) is 0 Å². The van der Waals surface area contributed by atoms with Crippen LogP contribution < -0.4 is 4.89 Å². The molecule has 0 aliphatic rings. The number of phosphoric ester groups is 1. The van der Waals surface area contributed by atoms with Gasteiger partial charge in [-0.15, -0.1) is 0 Å². The number of carbonyl (C=O) groups excluding carboxylic acids is 2. The third-order valence-corrected chi connectivity index (χ3v) is 19.4. The fraction of sp³-hybridized carbons (Fsp3) is 0.925. The molecule has 0 aromatic carbocycles. The van der Waals surface area contributed by atoms with E-state index in [0.717, 1.165) is 38.5 Å². The van der Waals surface area contributed by atoms with Crippen LogP contribution in [-0.2, 0) is 32.7 Å². The van der Waals surface area contributed by atoms with Crippen molar-refractivity contribution in [1.29, 1.82) is 0 Å². The molecule has 0 aromatic rings. The molecule has 0 saturated carbocycles. The molecule has 0 fully saturated rings. The van der Waals surface area contributed by atoms with Crippen LogP contribution in [-0.4, -0.2) is 70.0 Å². The average Bonchev–Trinajstić information content (AvgIpc) is 3.58. The van der Waals surface area contributed by atoms with Crippen molar-refractivity contribution in [3.63, 3.8) is 0 Å². The second-order valence-corrected chi connectivity index (χ2v) is 30.2. The van der Waals surface area contributed by atoms with Gasteiger partial charge in [0.25, 0.3) is 7.82 Å². The van der Waals surface area contributed by atoms with Crippen molar-refractivity contribution in [2.45, 2.75) is 431 Å². The van der Waals surface area contributed by atoms with E-state index >= 15 is 0 Å². The van der Waals surface area contributed by atoms with Crippen molar-refractivity contribution < 1.29 is 42.1 Å². The average molecular weight is 1290 g/mol. The van der Waals surface area contributed by atoms with Crippen LogP contribution in [0.2, 0.25) is 0 Å². The minimum atomic E-state index is -4.64. The van der Waals surface area contributed by atoms with E-state index in [9.17, 15) is 19.0 Å². The standard InChI is InChI=1S/C80H156NO8P/c1-6-8-10-12-14-16-18-20-22-24-26-28-30-32-34-36-37-38-39-40-41-42-43-45-46-48-50-52-54-56-58-60-62-64-66-68-70-72-79(82)86-76-78(77-88-90(84,85)87-75-74-81(3,4)5)89-80(83)73-71-69-67-65-63-61-59-57-55-53-51-49-47-44-35-33-31-29-27-25-23-21-19-17-15-13-11-9-7-2/h19,21,25,27,78H,6-18,20,22-24,26,28-77H2,1-5H3/b21-19-,27-25-. The van der Waals surface area contributed by atoms with Crippen molar-refractivity contribution in [2.75, 3.05) is 47.5 Å². The van der Waals surface area contributed by atoms with Crippen LogP contribution in [0.3, 0.4) is 0 Å². The zero-order valence-electron chi connectivity index (χ0n) is 61.1. The summed E-state index contributed by atoms with van der Waals surface area (Å²) in [6, 6.07) is 0. The lowest BCUT2D eigenvalue weighted by Gasteiger charge is -2.28. The molecule has 0 N–H and O–H groups in total. The number of likely N-dealkylation sites (N-methyl/N-ethyl adjacent to an activating group) is 1. The predicted octanol–water partition coefficient (Wildman–Crippen LogP) is 25.8. The van der Waals surface area contributed by atoms with E-state index in [0.29, 0.717) is 17.4 Å². The topological polar surface area (TPSA) is 111 Å². The number of ether oxygens (including phenoxy) is 2. The van der Waals surface area contributed by atoms with Crippen LogP contribution in [0.4, 0.5) is 0 Å². The Bertz CT molecular complexity index is 1560. The Morgan fingerprint density at radius 3 is 0.878 bits per heavy atom. The van der Waals surface area contributed by atoms with Gasteiger partial charge in [0.05, 0.1) is 27.7 Å². The van der Waals surface area contributed by atoms with Gasteiger partial charge >= 0.3 is 11.9 Å². The second kappa shape index (κ2) is 71.8. The summed E-state index contributed by atoms with van der Waals surface area (Å²) in [6.45, 7) is 4.32. The monoisotopic (exact) mass is 1290 g/mol. The largest absolute Gasteiger partial charge is 0.756 e. The molecule has 0 aromatic heterocycles. The van der Waals surface area contributed by atoms with E-state index in [1.165, 1.54) is 353 Å². The molecule has 534 valence electrons. The highest BCUT2D eigenvalue weighted by atomic mass is 31.2. The highest BCUT2D eigenvalue weighted by molar-refractivity contribution is 7.45. The van der Waals surface area contributed by atoms with E-state index in [1.54, 1.807) is 0 Å². The van der Waals surface area contributed by atoms with Crippen LogP contribution in [0.25, 0.3) is 0 Å². The first-order valence-electron chi connectivity index (χ1n) is 40.0. The molecule has 0 amide bonds.